The third-order valence-corrected chi connectivity index (χ3v) is 3.72. The first kappa shape index (κ1) is 15.7. The van der Waals surface area contributed by atoms with Crippen LogP contribution in [0.3, 0.4) is 0 Å². The number of carbonyl (C=O) groups excluding carboxylic acids is 1. The summed E-state index contributed by atoms with van der Waals surface area (Å²) in [5.41, 5.74) is 9.50. The second-order valence-electron chi connectivity index (χ2n) is 5.28. The van der Waals surface area contributed by atoms with Crippen LogP contribution in [0.5, 0.6) is 0 Å². The first-order chi connectivity index (χ1) is 8.99. The lowest BCUT2D eigenvalue weighted by Gasteiger charge is -2.22. The van der Waals surface area contributed by atoms with E-state index in [-0.39, 0.29) is 11.8 Å². The van der Waals surface area contributed by atoms with Gasteiger partial charge in [-0.25, -0.2) is 0 Å². The molecule has 1 amide bonds. The molecule has 19 heavy (non-hydrogen) atoms. The Morgan fingerprint density at radius 1 is 1.37 bits per heavy atom. The van der Waals surface area contributed by atoms with E-state index in [0.717, 1.165) is 19.4 Å². The largest absolute Gasteiger partial charge is 0.345 e. The third kappa shape index (κ3) is 4.35. The lowest BCUT2D eigenvalue weighted by Crippen LogP contribution is -2.37. The number of rotatable bonds is 6. The Hall–Kier alpha value is -1.35. The molecule has 1 rings (SSSR count). The smallest absolute Gasteiger partial charge is 0.226 e. The topological polar surface area (TPSA) is 46.3 Å². The van der Waals surface area contributed by atoms with Crippen molar-refractivity contribution in [2.75, 3.05) is 20.1 Å². The number of amides is 1. The summed E-state index contributed by atoms with van der Waals surface area (Å²) in [7, 11) is 1.87. The molecule has 0 saturated heterocycles. The lowest BCUT2D eigenvalue weighted by molar-refractivity contribution is -0.133. The fraction of sp³-hybridized carbons (Fsp3) is 0.562. The van der Waals surface area contributed by atoms with Crippen molar-refractivity contribution in [3.05, 3.63) is 34.9 Å². The van der Waals surface area contributed by atoms with E-state index in [9.17, 15) is 4.79 Å². The van der Waals surface area contributed by atoms with Crippen molar-refractivity contribution in [3.8, 4) is 0 Å². The van der Waals surface area contributed by atoms with E-state index in [1.165, 1.54) is 16.7 Å². The predicted octanol–water partition coefficient (Wildman–Crippen LogP) is 2.29. The zero-order valence-electron chi connectivity index (χ0n) is 12.6. The molecule has 0 bridgehead atoms. The van der Waals surface area contributed by atoms with Crippen LogP contribution in [0.1, 0.15) is 30.0 Å². The molecule has 0 fully saturated rings. The summed E-state index contributed by atoms with van der Waals surface area (Å²) in [6, 6.07) is 6.46. The third-order valence-electron chi connectivity index (χ3n) is 3.72. The van der Waals surface area contributed by atoms with Crippen LogP contribution in [0, 0.1) is 19.8 Å². The van der Waals surface area contributed by atoms with Crippen molar-refractivity contribution in [2.45, 2.75) is 33.6 Å². The molecule has 0 aromatic heterocycles. The number of carbonyl (C=O) groups is 1. The highest BCUT2D eigenvalue weighted by Gasteiger charge is 2.18. The van der Waals surface area contributed by atoms with Gasteiger partial charge in [0.2, 0.25) is 5.91 Å². The number of aryl methyl sites for hydroxylation is 2. The van der Waals surface area contributed by atoms with Gasteiger partial charge in [-0.05, 0) is 37.8 Å². The summed E-state index contributed by atoms with van der Waals surface area (Å²) >= 11 is 0. The van der Waals surface area contributed by atoms with Crippen LogP contribution in [0.15, 0.2) is 18.2 Å². The Labute approximate surface area is 116 Å². The van der Waals surface area contributed by atoms with Gasteiger partial charge in [0.1, 0.15) is 0 Å². The van der Waals surface area contributed by atoms with Crippen LogP contribution in [0.25, 0.3) is 0 Å². The van der Waals surface area contributed by atoms with E-state index < -0.39 is 0 Å². The van der Waals surface area contributed by atoms with Crippen molar-refractivity contribution in [3.63, 3.8) is 0 Å². The Morgan fingerprint density at radius 3 is 2.63 bits per heavy atom. The van der Waals surface area contributed by atoms with E-state index in [4.69, 9.17) is 5.73 Å². The molecule has 0 aliphatic carbocycles. The molecule has 0 aliphatic rings. The first-order valence-electron chi connectivity index (χ1n) is 7.00. The molecule has 0 heterocycles. The van der Waals surface area contributed by atoms with Crippen LogP contribution >= 0.6 is 0 Å². The van der Waals surface area contributed by atoms with Gasteiger partial charge < -0.3 is 10.6 Å². The summed E-state index contributed by atoms with van der Waals surface area (Å²) in [5.74, 6) is 0.124. The monoisotopic (exact) mass is 262 g/mol. The molecule has 106 valence electrons. The molecule has 1 unspecified atom stereocenters. The van der Waals surface area contributed by atoms with Crippen molar-refractivity contribution in [2.24, 2.45) is 11.7 Å². The second-order valence-corrected chi connectivity index (χ2v) is 5.28. The maximum Gasteiger partial charge on any atom is 0.226 e. The summed E-state index contributed by atoms with van der Waals surface area (Å²) in [6.07, 6.45) is 1.71. The van der Waals surface area contributed by atoms with Gasteiger partial charge in [-0.2, -0.15) is 0 Å². The number of nitrogens with zero attached hydrogens (tertiary/aromatic N) is 1. The highest BCUT2D eigenvalue weighted by Crippen LogP contribution is 2.12. The Kier molecular flexibility index (Phi) is 6.03. The molecule has 2 N–H and O–H groups in total. The number of hydrogen-bond acceptors (Lipinski definition) is 2. The van der Waals surface area contributed by atoms with Crippen LogP contribution in [0.2, 0.25) is 0 Å². The van der Waals surface area contributed by atoms with E-state index in [0.29, 0.717) is 6.54 Å². The van der Waals surface area contributed by atoms with Gasteiger partial charge in [-0.3, -0.25) is 4.79 Å². The average molecular weight is 262 g/mol. The van der Waals surface area contributed by atoms with Gasteiger partial charge in [0, 0.05) is 20.1 Å². The van der Waals surface area contributed by atoms with Crippen LogP contribution < -0.4 is 5.73 Å². The van der Waals surface area contributed by atoms with Gasteiger partial charge in [-0.15, -0.1) is 0 Å². The van der Waals surface area contributed by atoms with Gasteiger partial charge in [0.25, 0.3) is 0 Å². The van der Waals surface area contributed by atoms with Crippen molar-refractivity contribution >= 4 is 5.91 Å². The predicted molar refractivity (Wildman–Crippen MR) is 80.1 cm³/mol. The molecule has 3 nitrogen and oxygen atoms in total. The standard InChI is InChI=1S/C16H26N2O/c1-5-14(11-17)16(19)18(4)9-8-15-10-12(2)6-7-13(15)3/h6-7,10,14H,5,8-9,11,17H2,1-4H3. The highest BCUT2D eigenvalue weighted by atomic mass is 16.2. The van der Waals surface area contributed by atoms with Gasteiger partial charge in [0.15, 0.2) is 0 Å². The molecule has 1 aromatic rings. The fourth-order valence-electron chi connectivity index (χ4n) is 2.22. The Bertz CT molecular complexity index is 425. The summed E-state index contributed by atoms with van der Waals surface area (Å²) < 4.78 is 0. The first-order valence-corrected chi connectivity index (χ1v) is 7.00. The molecule has 3 heteroatoms. The molecule has 0 radical (unpaired) electrons. The zero-order chi connectivity index (χ0) is 14.4. The fourth-order valence-corrected chi connectivity index (χ4v) is 2.22. The average Bonchev–Trinajstić information content (AvgIpc) is 2.40. The summed E-state index contributed by atoms with van der Waals surface area (Å²) in [4.78, 5) is 13.9. The quantitative estimate of drug-likeness (QED) is 0.855. The maximum atomic E-state index is 12.1. The van der Waals surface area contributed by atoms with Gasteiger partial charge in [0.05, 0.1) is 5.92 Å². The van der Waals surface area contributed by atoms with Crippen LogP contribution in [0.4, 0.5) is 0 Å². The second kappa shape index (κ2) is 7.29. The van der Waals surface area contributed by atoms with E-state index in [2.05, 4.69) is 32.0 Å². The summed E-state index contributed by atoms with van der Waals surface area (Å²) in [5, 5.41) is 0. The van der Waals surface area contributed by atoms with Crippen LogP contribution in [-0.4, -0.2) is 30.9 Å². The molecule has 1 atom stereocenters. The summed E-state index contributed by atoms with van der Waals surface area (Å²) in [6.45, 7) is 7.40. The van der Waals surface area contributed by atoms with Gasteiger partial charge in [-0.1, -0.05) is 30.7 Å². The molecule has 0 spiro atoms. The van der Waals surface area contributed by atoms with Crippen molar-refractivity contribution in [1.29, 1.82) is 0 Å². The molecule has 0 saturated carbocycles. The molecular weight excluding hydrogens is 236 g/mol. The maximum absolute atomic E-state index is 12.1. The minimum absolute atomic E-state index is 0.0383. The minimum Gasteiger partial charge on any atom is -0.345 e. The van der Waals surface area contributed by atoms with E-state index >= 15 is 0 Å². The van der Waals surface area contributed by atoms with Gasteiger partial charge >= 0.3 is 0 Å². The van der Waals surface area contributed by atoms with E-state index in [1.807, 2.05) is 18.9 Å². The normalized spacial score (nSPS) is 12.3. The van der Waals surface area contributed by atoms with Crippen molar-refractivity contribution < 1.29 is 4.79 Å². The number of benzene rings is 1. The minimum atomic E-state index is -0.0383. The molecule has 1 aromatic carbocycles. The Morgan fingerprint density at radius 2 is 2.05 bits per heavy atom. The Balaban J connectivity index is 2.61. The van der Waals surface area contributed by atoms with Crippen LogP contribution in [-0.2, 0) is 11.2 Å². The number of likely N-dealkylation sites (N-methyl/N-ethyl adjacent to an activating group) is 1. The number of hydrogen-bond donors (Lipinski definition) is 1. The number of nitrogens with two attached hydrogens (primary N) is 1. The zero-order valence-corrected chi connectivity index (χ0v) is 12.6. The SMILES string of the molecule is CCC(CN)C(=O)N(C)CCc1cc(C)ccc1C. The highest BCUT2D eigenvalue weighted by molar-refractivity contribution is 5.78. The van der Waals surface area contributed by atoms with E-state index in [1.54, 1.807) is 0 Å². The molecular formula is C16H26N2O. The molecule has 0 aliphatic heterocycles. The van der Waals surface area contributed by atoms with Crippen molar-refractivity contribution in [1.82, 2.24) is 4.90 Å². The lowest BCUT2D eigenvalue weighted by atomic mass is 10.0.